The van der Waals surface area contributed by atoms with Gasteiger partial charge < -0.3 is 4.98 Å². The Hall–Kier alpha value is -1.28. The van der Waals surface area contributed by atoms with Crippen LogP contribution in [0.3, 0.4) is 0 Å². The second-order valence-corrected chi connectivity index (χ2v) is 5.06. The first kappa shape index (κ1) is 10.8. The number of hydrogen-bond donors (Lipinski definition) is 1. The lowest BCUT2D eigenvalue weighted by molar-refractivity contribution is 0.176. The topological polar surface area (TPSA) is 19.0 Å². The lowest BCUT2D eigenvalue weighted by Crippen LogP contribution is -2.32. The third-order valence-electron chi connectivity index (χ3n) is 4.01. The van der Waals surface area contributed by atoms with Crippen LogP contribution in [0.15, 0.2) is 30.5 Å². The molecule has 3 rings (SSSR count). The molecule has 0 aliphatic carbocycles. The first-order chi connectivity index (χ1) is 8.36. The van der Waals surface area contributed by atoms with Crippen molar-refractivity contribution in [1.29, 1.82) is 0 Å². The maximum atomic E-state index is 3.38. The molecule has 2 aromatic rings. The summed E-state index contributed by atoms with van der Waals surface area (Å²) in [7, 11) is 0. The molecule has 1 fully saturated rings. The molecule has 0 spiro atoms. The van der Waals surface area contributed by atoms with Crippen LogP contribution < -0.4 is 0 Å². The fraction of sp³-hybridized carbons (Fsp3) is 0.467. The van der Waals surface area contributed by atoms with E-state index in [1.165, 1.54) is 48.8 Å². The van der Waals surface area contributed by atoms with E-state index in [1.54, 1.807) is 0 Å². The molecule has 1 aliphatic heterocycles. The number of para-hydroxylation sites is 1. The van der Waals surface area contributed by atoms with Gasteiger partial charge in [-0.25, -0.2) is 0 Å². The first-order valence-electron chi connectivity index (χ1n) is 6.66. The number of piperidine rings is 1. The molecule has 1 N–H and O–H groups in total. The standard InChI is InChI=1S/C15H20N2/c1-12(17-9-5-2-6-10-17)14-11-16-15-8-4-3-7-13(14)15/h3-4,7-8,11-12,16H,2,5-6,9-10H2,1H3/t12-/m0/s1. The molecule has 1 aromatic carbocycles. The summed E-state index contributed by atoms with van der Waals surface area (Å²) in [5.41, 5.74) is 2.70. The van der Waals surface area contributed by atoms with Crippen molar-refractivity contribution in [3.05, 3.63) is 36.0 Å². The summed E-state index contributed by atoms with van der Waals surface area (Å²) in [4.78, 5) is 5.99. The Morgan fingerprint density at radius 3 is 2.71 bits per heavy atom. The summed E-state index contributed by atoms with van der Waals surface area (Å²) in [6.07, 6.45) is 6.29. The third-order valence-corrected chi connectivity index (χ3v) is 4.01. The Morgan fingerprint density at radius 2 is 1.88 bits per heavy atom. The average molecular weight is 228 g/mol. The predicted octanol–water partition coefficient (Wildman–Crippen LogP) is 3.71. The van der Waals surface area contributed by atoms with Gasteiger partial charge in [-0.3, -0.25) is 4.90 Å². The molecule has 0 saturated carbocycles. The van der Waals surface area contributed by atoms with Crippen LogP contribution in [0.4, 0.5) is 0 Å². The molecule has 90 valence electrons. The smallest absolute Gasteiger partial charge is 0.0457 e. The lowest BCUT2D eigenvalue weighted by atomic mass is 10.0. The number of aromatic nitrogens is 1. The molecular weight excluding hydrogens is 208 g/mol. The summed E-state index contributed by atoms with van der Waals surface area (Å²) in [6.45, 7) is 4.84. The van der Waals surface area contributed by atoms with E-state index in [4.69, 9.17) is 0 Å². The molecule has 0 amide bonds. The van der Waals surface area contributed by atoms with Gasteiger partial charge in [0, 0.05) is 23.1 Å². The largest absolute Gasteiger partial charge is 0.361 e. The van der Waals surface area contributed by atoms with Crippen molar-refractivity contribution in [2.24, 2.45) is 0 Å². The van der Waals surface area contributed by atoms with Crippen LogP contribution in [0.2, 0.25) is 0 Å². The molecule has 0 unspecified atom stereocenters. The number of benzene rings is 1. The summed E-state index contributed by atoms with van der Waals surface area (Å²) in [5.74, 6) is 0. The van der Waals surface area contributed by atoms with Gasteiger partial charge in [-0.05, 0) is 44.5 Å². The van der Waals surface area contributed by atoms with E-state index in [9.17, 15) is 0 Å². The van der Waals surface area contributed by atoms with Gasteiger partial charge in [-0.2, -0.15) is 0 Å². The maximum absolute atomic E-state index is 3.38. The first-order valence-corrected chi connectivity index (χ1v) is 6.66. The van der Waals surface area contributed by atoms with Crippen LogP contribution in [0, 0.1) is 0 Å². The number of likely N-dealkylation sites (tertiary alicyclic amines) is 1. The molecule has 1 aromatic heterocycles. The van der Waals surface area contributed by atoms with Crippen molar-refractivity contribution in [1.82, 2.24) is 9.88 Å². The van der Waals surface area contributed by atoms with Crippen LogP contribution >= 0.6 is 0 Å². The normalized spacial score (nSPS) is 19.6. The minimum atomic E-state index is 0.534. The van der Waals surface area contributed by atoms with E-state index < -0.39 is 0 Å². The maximum Gasteiger partial charge on any atom is 0.0457 e. The number of H-pyrrole nitrogens is 1. The van der Waals surface area contributed by atoms with Crippen molar-refractivity contribution >= 4 is 10.9 Å². The van der Waals surface area contributed by atoms with Crippen molar-refractivity contribution in [3.63, 3.8) is 0 Å². The minimum Gasteiger partial charge on any atom is -0.361 e. The van der Waals surface area contributed by atoms with Crippen LogP contribution in [-0.4, -0.2) is 23.0 Å². The Kier molecular flexibility index (Phi) is 2.89. The van der Waals surface area contributed by atoms with Gasteiger partial charge in [-0.15, -0.1) is 0 Å². The molecule has 0 radical (unpaired) electrons. The number of hydrogen-bond acceptors (Lipinski definition) is 1. The minimum absolute atomic E-state index is 0.534. The molecule has 1 aliphatic rings. The predicted molar refractivity (Wildman–Crippen MR) is 72.1 cm³/mol. The quantitative estimate of drug-likeness (QED) is 0.830. The zero-order chi connectivity index (χ0) is 11.7. The highest BCUT2D eigenvalue weighted by atomic mass is 15.2. The van der Waals surface area contributed by atoms with E-state index in [0.29, 0.717) is 6.04 Å². The van der Waals surface area contributed by atoms with E-state index in [1.807, 2.05) is 0 Å². The molecule has 17 heavy (non-hydrogen) atoms. The van der Waals surface area contributed by atoms with E-state index in [-0.39, 0.29) is 0 Å². The van der Waals surface area contributed by atoms with Crippen molar-refractivity contribution in [2.45, 2.75) is 32.2 Å². The highest BCUT2D eigenvalue weighted by Gasteiger charge is 2.20. The zero-order valence-electron chi connectivity index (χ0n) is 10.4. The third kappa shape index (κ3) is 1.98. The van der Waals surface area contributed by atoms with E-state index >= 15 is 0 Å². The van der Waals surface area contributed by atoms with Gasteiger partial charge in [0.05, 0.1) is 0 Å². The van der Waals surface area contributed by atoms with Gasteiger partial charge in [-0.1, -0.05) is 24.6 Å². The highest BCUT2D eigenvalue weighted by molar-refractivity contribution is 5.83. The van der Waals surface area contributed by atoms with Crippen LogP contribution in [-0.2, 0) is 0 Å². The second-order valence-electron chi connectivity index (χ2n) is 5.06. The van der Waals surface area contributed by atoms with Gasteiger partial charge >= 0.3 is 0 Å². The average Bonchev–Trinajstić information content (AvgIpc) is 2.83. The molecular formula is C15H20N2. The molecule has 2 heterocycles. The molecule has 0 bridgehead atoms. The lowest BCUT2D eigenvalue weighted by Gasteiger charge is -2.32. The fourth-order valence-electron chi connectivity index (χ4n) is 2.94. The molecule has 1 saturated heterocycles. The molecule has 2 heteroatoms. The van der Waals surface area contributed by atoms with Crippen molar-refractivity contribution in [3.8, 4) is 0 Å². The van der Waals surface area contributed by atoms with Crippen molar-refractivity contribution < 1.29 is 0 Å². The van der Waals surface area contributed by atoms with Gasteiger partial charge in [0.25, 0.3) is 0 Å². The number of nitrogens with zero attached hydrogens (tertiary/aromatic N) is 1. The van der Waals surface area contributed by atoms with Gasteiger partial charge in [0.1, 0.15) is 0 Å². The Bertz CT molecular complexity index is 494. The van der Waals surface area contributed by atoms with E-state index in [2.05, 4.69) is 47.3 Å². The number of rotatable bonds is 2. The Labute approximate surface area is 103 Å². The number of aromatic amines is 1. The fourth-order valence-corrected chi connectivity index (χ4v) is 2.94. The Morgan fingerprint density at radius 1 is 1.12 bits per heavy atom. The summed E-state index contributed by atoms with van der Waals surface area (Å²) < 4.78 is 0. The van der Waals surface area contributed by atoms with Crippen LogP contribution in [0.25, 0.3) is 10.9 Å². The SMILES string of the molecule is C[C@@H](c1c[nH]c2ccccc12)N1CCCCC1. The van der Waals surface area contributed by atoms with Gasteiger partial charge in [0.15, 0.2) is 0 Å². The van der Waals surface area contributed by atoms with Crippen LogP contribution in [0.5, 0.6) is 0 Å². The van der Waals surface area contributed by atoms with Crippen molar-refractivity contribution in [2.75, 3.05) is 13.1 Å². The number of fused-ring (bicyclic) bond motifs is 1. The summed E-state index contributed by atoms with van der Waals surface area (Å²) in [6, 6.07) is 9.13. The molecule has 2 nitrogen and oxygen atoms in total. The highest BCUT2D eigenvalue weighted by Crippen LogP contribution is 2.29. The summed E-state index contributed by atoms with van der Waals surface area (Å²) in [5, 5.41) is 1.38. The zero-order valence-corrected chi connectivity index (χ0v) is 10.4. The Balaban J connectivity index is 1.92. The van der Waals surface area contributed by atoms with E-state index in [0.717, 1.165) is 0 Å². The second kappa shape index (κ2) is 4.53. The molecule has 1 atom stereocenters. The number of nitrogens with one attached hydrogen (secondary N) is 1. The monoisotopic (exact) mass is 228 g/mol. The summed E-state index contributed by atoms with van der Waals surface area (Å²) >= 11 is 0. The van der Waals surface area contributed by atoms with Crippen LogP contribution in [0.1, 0.15) is 37.8 Å². The van der Waals surface area contributed by atoms with Gasteiger partial charge in [0.2, 0.25) is 0 Å².